The molecule has 3 N–H and O–H groups in total. The lowest BCUT2D eigenvalue weighted by Crippen LogP contribution is -2.38. The van der Waals surface area contributed by atoms with Crippen LogP contribution in [0.5, 0.6) is 0 Å². The summed E-state index contributed by atoms with van der Waals surface area (Å²) in [7, 11) is -3.30. The number of nitrogens with one attached hydrogen (secondary N) is 1. The molecule has 0 atom stereocenters. The molecule has 21 heavy (non-hydrogen) atoms. The van der Waals surface area contributed by atoms with E-state index in [1.54, 1.807) is 12.1 Å². The zero-order valence-electron chi connectivity index (χ0n) is 12.0. The molecule has 0 aromatic heterocycles. The summed E-state index contributed by atoms with van der Waals surface area (Å²) in [5, 5.41) is 3.41. The van der Waals surface area contributed by atoms with Gasteiger partial charge in [0, 0.05) is 12.3 Å². The second-order valence-corrected chi connectivity index (χ2v) is 7.76. The molecule has 0 spiro atoms. The molecule has 1 aliphatic rings. The summed E-state index contributed by atoms with van der Waals surface area (Å²) in [5.74, 6) is 0.421. The summed E-state index contributed by atoms with van der Waals surface area (Å²) in [6.45, 7) is 0.370. The number of aliphatic imine (C=N–C) groups is 1. The smallest absolute Gasteiger partial charge is 0.189 e. The molecule has 1 saturated carbocycles. The van der Waals surface area contributed by atoms with Gasteiger partial charge in [-0.15, -0.1) is 0 Å². The third-order valence-corrected chi connectivity index (χ3v) is 5.11. The van der Waals surface area contributed by atoms with Crippen molar-refractivity contribution in [2.24, 2.45) is 10.7 Å². The highest BCUT2D eigenvalue weighted by Crippen LogP contribution is 2.23. The number of nitrogens with zero attached hydrogens (tertiary/aromatic N) is 1. The minimum atomic E-state index is -3.30. The molecule has 5 nitrogen and oxygen atoms in total. The molecule has 0 aliphatic heterocycles. The fraction of sp³-hybridized carbons (Fsp3) is 0.500. The van der Waals surface area contributed by atoms with E-state index in [-0.39, 0.29) is 9.92 Å². The van der Waals surface area contributed by atoms with E-state index in [1.807, 2.05) is 0 Å². The summed E-state index contributed by atoms with van der Waals surface area (Å²) in [5.41, 5.74) is 6.67. The standard InChI is InChI=1S/C14H20ClN3O2S/c1-21(19,20)13-7-6-10(8-12(13)15)9-17-14(16)18-11-4-2-3-5-11/h6-8,11H,2-5,9H2,1H3,(H3,16,17,18). The third-order valence-electron chi connectivity index (χ3n) is 3.53. The highest BCUT2D eigenvalue weighted by atomic mass is 35.5. The number of halogens is 1. The zero-order valence-corrected chi connectivity index (χ0v) is 13.5. The van der Waals surface area contributed by atoms with E-state index in [1.165, 1.54) is 18.9 Å². The van der Waals surface area contributed by atoms with Crippen LogP contribution in [0.2, 0.25) is 5.02 Å². The Morgan fingerprint density at radius 2 is 2.10 bits per heavy atom. The van der Waals surface area contributed by atoms with E-state index >= 15 is 0 Å². The Hall–Kier alpha value is -1.27. The fourth-order valence-corrected chi connectivity index (χ4v) is 3.80. The van der Waals surface area contributed by atoms with E-state index in [0.29, 0.717) is 18.5 Å². The summed E-state index contributed by atoms with van der Waals surface area (Å²) in [6.07, 6.45) is 5.85. The maximum atomic E-state index is 11.5. The normalized spacial score (nSPS) is 17.1. The monoisotopic (exact) mass is 329 g/mol. The first kappa shape index (κ1) is 16.1. The van der Waals surface area contributed by atoms with Crippen molar-refractivity contribution in [3.05, 3.63) is 28.8 Å². The Bertz CT molecular complexity index is 638. The van der Waals surface area contributed by atoms with Crippen LogP contribution in [0.3, 0.4) is 0 Å². The lowest BCUT2D eigenvalue weighted by Gasteiger charge is -2.12. The third kappa shape index (κ3) is 4.61. The maximum absolute atomic E-state index is 11.5. The van der Waals surface area contributed by atoms with Gasteiger partial charge in [-0.3, -0.25) is 0 Å². The maximum Gasteiger partial charge on any atom is 0.189 e. The van der Waals surface area contributed by atoms with Crippen LogP contribution < -0.4 is 11.1 Å². The van der Waals surface area contributed by atoms with Crippen molar-refractivity contribution in [2.75, 3.05) is 6.26 Å². The van der Waals surface area contributed by atoms with Crippen LogP contribution in [-0.4, -0.2) is 26.7 Å². The molecule has 0 saturated heterocycles. The van der Waals surface area contributed by atoms with E-state index in [9.17, 15) is 8.42 Å². The molecule has 1 aliphatic carbocycles. The van der Waals surface area contributed by atoms with Crippen molar-refractivity contribution in [3.63, 3.8) is 0 Å². The molecule has 0 unspecified atom stereocenters. The fourth-order valence-electron chi connectivity index (χ4n) is 2.44. The molecule has 0 heterocycles. The first-order chi connectivity index (χ1) is 9.86. The van der Waals surface area contributed by atoms with E-state index in [0.717, 1.165) is 24.7 Å². The molecule has 1 aromatic rings. The van der Waals surface area contributed by atoms with E-state index in [4.69, 9.17) is 17.3 Å². The van der Waals surface area contributed by atoms with Gasteiger partial charge < -0.3 is 11.1 Å². The van der Waals surface area contributed by atoms with Gasteiger partial charge >= 0.3 is 0 Å². The lowest BCUT2D eigenvalue weighted by molar-refractivity contribution is 0.602. The highest BCUT2D eigenvalue weighted by molar-refractivity contribution is 7.90. The minimum absolute atomic E-state index is 0.133. The Labute approximate surface area is 130 Å². The average Bonchev–Trinajstić information content (AvgIpc) is 2.87. The molecule has 116 valence electrons. The van der Waals surface area contributed by atoms with Gasteiger partial charge in [0.15, 0.2) is 15.8 Å². The van der Waals surface area contributed by atoms with Crippen LogP contribution in [0.15, 0.2) is 28.1 Å². The topological polar surface area (TPSA) is 84.5 Å². The Morgan fingerprint density at radius 1 is 1.43 bits per heavy atom. The summed E-state index contributed by atoms with van der Waals surface area (Å²) >= 11 is 5.99. The molecule has 7 heteroatoms. The van der Waals surface area contributed by atoms with E-state index < -0.39 is 9.84 Å². The number of benzene rings is 1. The second-order valence-electron chi connectivity index (χ2n) is 5.36. The van der Waals surface area contributed by atoms with E-state index in [2.05, 4.69) is 10.3 Å². The van der Waals surface area contributed by atoms with Gasteiger partial charge in [0.25, 0.3) is 0 Å². The predicted octanol–water partition coefficient (Wildman–Crippen LogP) is 2.09. The molecule has 0 radical (unpaired) electrons. The predicted molar refractivity (Wildman–Crippen MR) is 85.3 cm³/mol. The van der Waals surface area contributed by atoms with Crippen LogP contribution in [0, 0.1) is 0 Å². The first-order valence-electron chi connectivity index (χ1n) is 6.91. The number of guanidine groups is 1. The van der Waals surface area contributed by atoms with Gasteiger partial charge in [-0.05, 0) is 30.5 Å². The van der Waals surface area contributed by atoms with Gasteiger partial charge in [-0.2, -0.15) is 0 Å². The Balaban J connectivity index is 2.01. The quantitative estimate of drug-likeness (QED) is 0.654. The first-order valence-corrected chi connectivity index (χ1v) is 9.18. The van der Waals surface area contributed by atoms with Gasteiger partial charge in [-0.25, -0.2) is 13.4 Å². The number of sulfone groups is 1. The van der Waals surface area contributed by atoms with Crippen molar-refractivity contribution < 1.29 is 8.42 Å². The summed E-state index contributed by atoms with van der Waals surface area (Å²) < 4.78 is 23.0. The summed E-state index contributed by atoms with van der Waals surface area (Å²) in [6, 6.07) is 5.24. The van der Waals surface area contributed by atoms with Gasteiger partial charge in [0.2, 0.25) is 0 Å². The van der Waals surface area contributed by atoms with Crippen molar-refractivity contribution >= 4 is 27.4 Å². The van der Waals surface area contributed by atoms with Crippen molar-refractivity contribution in [2.45, 2.75) is 43.2 Å². The van der Waals surface area contributed by atoms with Crippen LogP contribution in [0.25, 0.3) is 0 Å². The van der Waals surface area contributed by atoms with Crippen LogP contribution >= 0.6 is 11.6 Å². The minimum Gasteiger partial charge on any atom is -0.370 e. The van der Waals surface area contributed by atoms with Crippen LogP contribution in [0.4, 0.5) is 0 Å². The number of nitrogens with two attached hydrogens (primary N) is 1. The van der Waals surface area contributed by atoms with Crippen molar-refractivity contribution in [1.29, 1.82) is 0 Å². The van der Waals surface area contributed by atoms with Crippen molar-refractivity contribution in [3.8, 4) is 0 Å². The number of hydrogen-bond acceptors (Lipinski definition) is 3. The highest BCUT2D eigenvalue weighted by Gasteiger charge is 2.15. The van der Waals surface area contributed by atoms with Gasteiger partial charge in [0.05, 0.1) is 16.5 Å². The molecule has 1 fully saturated rings. The summed E-state index contributed by atoms with van der Waals surface area (Å²) in [4.78, 5) is 4.40. The van der Waals surface area contributed by atoms with Gasteiger partial charge in [0.1, 0.15) is 0 Å². The second kappa shape index (κ2) is 6.66. The van der Waals surface area contributed by atoms with Gasteiger partial charge in [-0.1, -0.05) is 30.5 Å². The molecule has 0 amide bonds. The van der Waals surface area contributed by atoms with Crippen LogP contribution in [-0.2, 0) is 16.4 Å². The van der Waals surface area contributed by atoms with Crippen LogP contribution in [0.1, 0.15) is 31.2 Å². The average molecular weight is 330 g/mol. The molecule has 0 bridgehead atoms. The molecular weight excluding hydrogens is 310 g/mol. The largest absolute Gasteiger partial charge is 0.370 e. The number of rotatable bonds is 4. The molecule has 2 rings (SSSR count). The lowest BCUT2D eigenvalue weighted by atomic mass is 10.2. The molecular formula is C14H20ClN3O2S. The Kier molecular flexibility index (Phi) is 5.11. The Morgan fingerprint density at radius 3 is 2.67 bits per heavy atom. The van der Waals surface area contributed by atoms with Crippen molar-refractivity contribution in [1.82, 2.24) is 5.32 Å². The zero-order chi connectivity index (χ0) is 15.5. The number of hydrogen-bond donors (Lipinski definition) is 2. The molecule has 1 aromatic carbocycles. The SMILES string of the molecule is CS(=O)(=O)c1ccc(CN=C(N)NC2CCCC2)cc1Cl.